The first-order valence-electron chi connectivity index (χ1n) is 6.24. The Morgan fingerprint density at radius 1 is 0.909 bits per heavy atom. The van der Waals surface area contributed by atoms with Crippen LogP contribution in [0.4, 0.5) is 0 Å². The molecule has 0 aromatic carbocycles. The minimum atomic E-state index is -1.87. The van der Waals surface area contributed by atoms with E-state index in [1.54, 1.807) is 0 Å². The van der Waals surface area contributed by atoms with E-state index in [1.807, 2.05) is 0 Å². The largest absolute Gasteiger partial charge is 0.368 e. The number of primary amides is 1. The van der Waals surface area contributed by atoms with Gasteiger partial charge in [-0.1, -0.05) is 0 Å². The summed E-state index contributed by atoms with van der Waals surface area (Å²) in [4.78, 5) is 35.8. The summed E-state index contributed by atoms with van der Waals surface area (Å²) >= 11 is 11.9. The first kappa shape index (κ1) is 21.4. The molecular formula is C11H23N5O3S3. The van der Waals surface area contributed by atoms with Crippen LogP contribution >= 0.6 is 37.9 Å². The molecule has 0 spiro atoms. The fourth-order valence-electron chi connectivity index (χ4n) is 1.13. The highest BCUT2D eigenvalue weighted by Crippen LogP contribution is 2.11. The minimum Gasteiger partial charge on any atom is -0.368 e. The first-order chi connectivity index (χ1) is 9.88. The number of carbonyl (C=O) groups is 3. The van der Waals surface area contributed by atoms with E-state index in [0.29, 0.717) is 0 Å². The lowest BCUT2D eigenvalue weighted by atomic mass is 10.0. The van der Waals surface area contributed by atoms with E-state index in [9.17, 15) is 14.4 Å². The first-order valence-corrected chi connectivity index (χ1v) is 8.14. The lowest BCUT2D eigenvalue weighted by Gasteiger charge is -2.35. The van der Waals surface area contributed by atoms with Gasteiger partial charge in [-0.15, -0.1) is 0 Å². The van der Waals surface area contributed by atoms with Crippen LogP contribution < -0.4 is 27.8 Å². The second kappa shape index (κ2) is 7.77. The molecule has 0 rings (SSSR count). The van der Waals surface area contributed by atoms with Crippen molar-refractivity contribution in [2.24, 2.45) is 17.2 Å². The molecule has 0 bridgehead atoms. The smallest absolute Gasteiger partial charge is 0.262 e. The summed E-state index contributed by atoms with van der Waals surface area (Å²) in [5.41, 5.74) is 12.2. The SMILES string of the molecule is C[C@](CS)(NC(=O)[C@@](N)(CS)NC(=O)[C@](C)(N)CS)C(N)=O. The van der Waals surface area contributed by atoms with Crippen LogP contribution in [0.25, 0.3) is 0 Å². The monoisotopic (exact) mass is 369 g/mol. The fraction of sp³-hybridized carbons (Fsp3) is 0.727. The summed E-state index contributed by atoms with van der Waals surface area (Å²) in [5.74, 6) is -2.53. The molecule has 0 fully saturated rings. The number of carbonyl (C=O) groups excluding carboxylic acids is 3. The molecule has 3 amide bonds. The predicted molar refractivity (Wildman–Crippen MR) is 95.0 cm³/mol. The predicted octanol–water partition coefficient (Wildman–Crippen LogP) is -2.38. The van der Waals surface area contributed by atoms with E-state index in [1.165, 1.54) is 13.8 Å². The molecule has 0 unspecified atom stereocenters. The van der Waals surface area contributed by atoms with Crippen molar-refractivity contribution in [1.82, 2.24) is 10.6 Å². The normalized spacial score (nSPS) is 19.2. The number of thiol groups is 3. The third kappa shape index (κ3) is 4.95. The Bertz CT molecular complexity index is 462. The zero-order valence-electron chi connectivity index (χ0n) is 12.4. The van der Waals surface area contributed by atoms with Crippen LogP contribution in [0.1, 0.15) is 13.8 Å². The second-order valence-corrected chi connectivity index (χ2v) is 6.42. The summed E-state index contributed by atoms with van der Waals surface area (Å²) in [6, 6.07) is 0. The summed E-state index contributed by atoms with van der Waals surface area (Å²) in [6.45, 7) is 2.83. The average Bonchev–Trinajstić information content (AvgIpc) is 2.46. The number of nitrogens with one attached hydrogen (secondary N) is 2. The Hall–Kier alpha value is -0.620. The highest BCUT2D eigenvalue weighted by atomic mass is 32.1. The maximum atomic E-state index is 12.3. The molecule has 0 aromatic heterocycles. The molecule has 0 radical (unpaired) electrons. The van der Waals surface area contributed by atoms with Gasteiger partial charge in [0, 0.05) is 17.3 Å². The molecule has 3 atom stereocenters. The van der Waals surface area contributed by atoms with Gasteiger partial charge < -0.3 is 27.8 Å². The molecule has 128 valence electrons. The van der Waals surface area contributed by atoms with Crippen molar-refractivity contribution in [1.29, 1.82) is 0 Å². The van der Waals surface area contributed by atoms with Gasteiger partial charge in [0.05, 0.1) is 0 Å². The number of hydrogen-bond acceptors (Lipinski definition) is 8. The maximum Gasteiger partial charge on any atom is 0.262 e. The molecule has 0 aliphatic heterocycles. The number of amides is 3. The lowest BCUT2D eigenvalue weighted by Crippen LogP contribution is -2.73. The summed E-state index contributed by atoms with van der Waals surface area (Å²) in [5, 5.41) is 4.69. The highest BCUT2D eigenvalue weighted by molar-refractivity contribution is 7.80. The Kier molecular flexibility index (Phi) is 7.55. The van der Waals surface area contributed by atoms with Crippen LogP contribution in [0.15, 0.2) is 0 Å². The summed E-state index contributed by atoms with van der Waals surface area (Å²) in [6.07, 6.45) is 0. The van der Waals surface area contributed by atoms with Gasteiger partial charge in [-0.3, -0.25) is 14.4 Å². The van der Waals surface area contributed by atoms with Crippen molar-refractivity contribution in [3.63, 3.8) is 0 Å². The van der Waals surface area contributed by atoms with Crippen LogP contribution in [0, 0.1) is 0 Å². The van der Waals surface area contributed by atoms with Crippen LogP contribution in [0.3, 0.4) is 0 Å². The van der Waals surface area contributed by atoms with Crippen molar-refractivity contribution in [2.75, 3.05) is 17.3 Å². The quantitative estimate of drug-likeness (QED) is 0.177. The molecule has 8 N–H and O–H groups in total. The Morgan fingerprint density at radius 2 is 1.41 bits per heavy atom. The summed E-state index contributed by atoms with van der Waals surface area (Å²) < 4.78 is 0. The molecule has 0 heterocycles. The molecule has 0 aliphatic rings. The lowest BCUT2D eigenvalue weighted by molar-refractivity contribution is -0.137. The van der Waals surface area contributed by atoms with Gasteiger partial charge in [0.1, 0.15) is 11.1 Å². The number of nitrogens with two attached hydrogens (primary N) is 3. The molecule has 8 nitrogen and oxygen atoms in total. The van der Waals surface area contributed by atoms with Gasteiger partial charge in [-0.2, -0.15) is 37.9 Å². The van der Waals surface area contributed by atoms with Gasteiger partial charge >= 0.3 is 0 Å². The molecule has 0 aliphatic carbocycles. The fourth-order valence-corrected chi connectivity index (χ4v) is 1.73. The van der Waals surface area contributed by atoms with E-state index < -0.39 is 34.5 Å². The standard InChI is InChI=1S/C11H23N5O3S3/c1-9(13,3-20)7(18)16-11(14,5-22)8(19)15-10(2,4-21)6(12)17/h20-22H,3-5,13-14H2,1-2H3,(H2,12,17)(H,15,19)(H,16,18)/t9-,10-,11-/m1/s1. The summed E-state index contributed by atoms with van der Waals surface area (Å²) in [7, 11) is 0. The molecular weight excluding hydrogens is 346 g/mol. The van der Waals surface area contributed by atoms with Gasteiger partial charge in [0.25, 0.3) is 5.91 Å². The van der Waals surface area contributed by atoms with Crippen molar-refractivity contribution < 1.29 is 14.4 Å². The Balaban J connectivity index is 5.27. The Morgan fingerprint density at radius 3 is 1.73 bits per heavy atom. The topological polar surface area (TPSA) is 153 Å². The molecule has 0 saturated heterocycles. The van der Waals surface area contributed by atoms with Crippen LogP contribution in [-0.2, 0) is 14.4 Å². The Labute approximate surface area is 145 Å². The van der Waals surface area contributed by atoms with Crippen molar-refractivity contribution >= 4 is 55.6 Å². The van der Waals surface area contributed by atoms with E-state index in [-0.39, 0.29) is 17.3 Å². The van der Waals surface area contributed by atoms with Crippen LogP contribution in [0.5, 0.6) is 0 Å². The van der Waals surface area contributed by atoms with Crippen molar-refractivity contribution in [3.05, 3.63) is 0 Å². The molecule has 0 aromatic rings. The third-order valence-corrected chi connectivity index (χ3v) is 4.88. The third-order valence-electron chi connectivity index (χ3n) is 3.09. The van der Waals surface area contributed by atoms with E-state index in [0.717, 1.165) is 0 Å². The van der Waals surface area contributed by atoms with Crippen molar-refractivity contribution in [2.45, 2.75) is 30.6 Å². The zero-order chi connectivity index (χ0) is 17.8. The maximum absolute atomic E-state index is 12.3. The van der Waals surface area contributed by atoms with E-state index in [4.69, 9.17) is 17.2 Å². The van der Waals surface area contributed by atoms with Gasteiger partial charge in [-0.05, 0) is 13.8 Å². The molecule has 22 heavy (non-hydrogen) atoms. The zero-order valence-corrected chi connectivity index (χ0v) is 15.1. The number of hydrogen-bond donors (Lipinski definition) is 8. The van der Waals surface area contributed by atoms with Gasteiger partial charge in [-0.25, -0.2) is 0 Å². The van der Waals surface area contributed by atoms with Crippen LogP contribution in [-0.4, -0.2) is 51.7 Å². The van der Waals surface area contributed by atoms with Crippen LogP contribution in [0.2, 0.25) is 0 Å². The van der Waals surface area contributed by atoms with E-state index in [2.05, 4.69) is 48.5 Å². The second-order valence-electron chi connectivity index (χ2n) is 5.47. The van der Waals surface area contributed by atoms with Crippen molar-refractivity contribution in [3.8, 4) is 0 Å². The average molecular weight is 370 g/mol. The molecule has 11 heteroatoms. The number of rotatable bonds is 8. The minimum absolute atomic E-state index is 0.0404. The molecule has 0 saturated carbocycles. The van der Waals surface area contributed by atoms with E-state index >= 15 is 0 Å². The highest BCUT2D eigenvalue weighted by Gasteiger charge is 2.42. The van der Waals surface area contributed by atoms with Gasteiger partial charge in [0.2, 0.25) is 11.8 Å². The van der Waals surface area contributed by atoms with Gasteiger partial charge in [0.15, 0.2) is 5.66 Å².